The maximum absolute atomic E-state index is 5.33. The van der Waals surface area contributed by atoms with Gasteiger partial charge in [-0.15, -0.1) is 5.10 Å². The lowest BCUT2D eigenvalue weighted by atomic mass is 9.95. The van der Waals surface area contributed by atoms with Crippen LogP contribution in [0.4, 0.5) is 6.01 Å². The Morgan fingerprint density at radius 2 is 2.33 bits per heavy atom. The van der Waals surface area contributed by atoms with Crippen molar-refractivity contribution >= 4 is 6.01 Å². The van der Waals surface area contributed by atoms with E-state index in [2.05, 4.69) is 22.3 Å². The predicted molar refractivity (Wildman–Crippen MR) is 44.4 cm³/mol. The predicted octanol–water partition coefficient (Wildman–Crippen LogP) is 1.48. The summed E-state index contributed by atoms with van der Waals surface area (Å²) in [6, 6.07) is 0.166. The normalized spacial score (nSPS) is 22.8. The second-order valence-electron chi connectivity index (χ2n) is 2.96. The maximum Gasteiger partial charge on any atom is 0.312 e. The lowest BCUT2D eigenvalue weighted by molar-refractivity contribution is 0.437. The summed E-state index contributed by atoms with van der Waals surface area (Å²) < 4.78 is 5.14. The van der Waals surface area contributed by atoms with Crippen molar-refractivity contribution < 1.29 is 4.42 Å². The quantitative estimate of drug-likeness (QED) is 0.640. The van der Waals surface area contributed by atoms with E-state index in [4.69, 9.17) is 10.2 Å². The molecule has 1 aliphatic rings. The van der Waals surface area contributed by atoms with Gasteiger partial charge in [0, 0.05) is 5.92 Å². The molecule has 2 N–H and O–H groups in total. The number of rotatable bonds is 1. The van der Waals surface area contributed by atoms with Crippen LogP contribution in [0.2, 0.25) is 0 Å². The molecular weight excluding hydrogens is 154 g/mol. The number of aromatic nitrogens is 2. The molecule has 0 saturated carbocycles. The molecule has 0 radical (unpaired) electrons. The van der Waals surface area contributed by atoms with Crippen molar-refractivity contribution in [1.82, 2.24) is 10.2 Å². The Morgan fingerprint density at radius 1 is 1.42 bits per heavy atom. The highest BCUT2D eigenvalue weighted by molar-refractivity contribution is 5.09. The topological polar surface area (TPSA) is 64.9 Å². The highest BCUT2D eigenvalue weighted by Crippen LogP contribution is 2.27. The van der Waals surface area contributed by atoms with E-state index >= 15 is 0 Å². The Labute approximate surface area is 70.5 Å². The van der Waals surface area contributed by atoms with Crippen molar-refractivity contribution in [2.75, 3.05) is 5.73 Å². The molecule has 0 bridgehead atoms. The summed E-state index contributed by atoms with van der Waals surface area (Å²) in [6.07, 6.45) is 7.48. The molecule has 1 atom stereocenters. The number of hydrogen-bond donors (Lipinski definition) is 1. The van der Waals surface area contributed by atoms with Gasteiger partial charge in [0.1, 0.15) is 0 Å². The summed E-state index contributed by atoms with van der Waals surface area (Å²) in [4.78, 5) is 0. The molecule has 0 unspecified atom stereocenters. The van der Waals surface area contributed by atoms with Crippen LogP contribution in [-0.4, -0.2) is 10.2 Å². The summed E-state index contributed by atoms with van der Waals surface area (Å²) >= 11 is 0. The summed E-state index contributed by atoms with van der Waals surface area (Å²) in [6.45, 7) is 0. The minimum atomic E-state index is 0.166. The molecule has 0 amide bonds. The molecule has 4 nitrogen and oxygen atoms in total. The van der Waals surface area contributed by atoms with E-state index < -0.39 is 0 Å². The van der Waals surface area contributed by atoms with Crippen molar-refractivity contribution in [2.24, 2.45) is 0 Å². The first-order valence-electron chi connectivity index (χ1n) is 4.10. The minimum absolute atomic E-state index is 0.166. The molecule has 1 heterocycles. The molecule has 0 spiro atoms. The van der Waals surface area contributed by atoms with Gasteiger partial charge in [-0.3, -0.25) is 0 Å². The monoisotopic (exact) mass is 165 g/mol. The second kappa shape index (κ2) is 2.97. The first-order chi connectivity index (χ1) is 5.86. The van der Waals surface area contributed by atoms with Gasteiger partial charge in [-0.05, 0) is 19.3 Å². The molecule has 2 rings (SSSR count). The average molecular weight is 165 g/mol. The van der Waals surface area contributed by atoms with Crippen LogP contribution < -0.4 is 5.73 Å². The minimum Gasteiger partial charge on any atom is -0.408 e. The van der Waals surface area contributed by atoms with Crippen molar-refractivity contribution in [1.29, 1.82) is 0 Å². The van der Waals surface area contributed by atoms with Crippen LogP contribution in [0, 0.1) is 0 Å². The van der Waals surface area contributed by atoms with Crippen molar-refractivity contribution in [3.05, 3.63) is 18.0 Å². The number of hydrogen-bond acceptors (Lipinski definition) is 4. The van der Waals surface area contributed by atoms with Crippen LogP contribution in [0.5, 0.6) is 0 Å². The van der Waals surface area contributed by atoms with Crippen molar-refractivity contribution in [2.45, 2.75) is 25.2 Å². The van der Waals surface area contributed by atoms with Crippen LogP contribution in [0.3, 0.4) is 0 Å². The van der Waals surface area contributed by atoms with Gasteiger partial charge in [0.05, 0.1) is 0 Å². The van der Waals surface area contributed by atoms with E-state index in [0.29, 0.717) is 11.8 Å². The van der Waals surface area contributed by atoms with E-state index in [1.54, 1.807) is 0 Å². The van der Waals surface area contributed by atoms with Gasteiger partial charge >= 0.3 is 6.01 Å². The number of anilines is 1. The standard InChI is InChI=1S/C8H11N3O/c9-8-11-10-7(12-8)6-4-2-1-3-5-6/h1-2,6H,3-5H2,(H2,9,11)/t6-/m1/s1. The molecule has 0 saturated heterocycles. The third-order valence-corrected chi connectivity index (χ3v) is 2.07. The second-order valence-corrected chi connectivity index (χ2v) is 2.96. The Hall–Kier alpha value is -1.32. The number of nitrogens with zero attached hydrogens (tertiary/aromatic N) is 2. The van der Waals surface area contributed by atoms with Gasteiger partial charge in [-0.25, -0.2) is 0 Å². The molecular formula is C8H11N3O. The van der Waals surface area contributed by atoms with E-state index in [1.807, 2.05) is 0 Å². The molecule has 0 aliphatic heterocycles. The van der Waals surface area contributed by atoms with Crippen LogP contribution in [0.25, 0.3) is 0 Å². The van der Waals surface area contributed by atoms with Gasteiger partial charge in [0.2, 0.25) is 5.89 Å². The van der Waals surface area contributed by atoms with E-state index in [-0.39, 0.29) is 6.01 Å². The third kappa shape index (κ3) is 1.32. The number of nitrogens with two attached hydrogens (primary N) is 1. The van der Waals surface area contributed by atoms with Crippen molar-refractivity contribution in [3.63, 3.8) is 0 Å². The Bertz CT molecular complexity index is 292. The van der Waals surface area contributed by atoms with Crippen LogP contribution in [0.1, 0.15) is 31.1 Å². The first-order valence-corrected chi connectivity index (χ1v) is 4.10. The van der Waals surface area contributed by atoms with Crippen LogP contribution in [0.15, 0.2) is 16.6 Å². The Morgan fingerprint density at radius 3 is 2.92 bits per heavy atom. The smallest absolute Gasteiger partial charge is 0.312 e. The lowest BCUT2D eigenvalue weighted by Crippen LogP contribution is -2.00. The summed E-state index contributed by atoms with van der Waals surface area (Å²) in [5.41, 5.74) is 5.33. The summed E-state index contributed by atoms with van der Waals surface area (Å²) in [7, 11) is 0. The Balaban J connectivity index is 2.14. The van der Waals surface area contributed by atoms with Crippen molar-refractivity contribution in [3.8, 4) is 0 Å². The van der Waals surface area contributed by atoms with Gasteiger partial charge in [-0.2, -0.15) is 0 Å². The Kier molecular flexibility index (Phi) is 1.81. The van der Waals surface area contributed by atoms with Gasteiger partial charge in [0.15, 0.2) is 0 Å². The fraction of sp³-hybridized carbons (Fsp3) is 0.500. The lowest BCUT2D eigenvalue weighted by Gasteiger charge is -2.12. The molecule has 1 aromatic rings. The molecule has 0 aromatic carbocycles. The van der Waals surface area contributed by atoms with Gasteiger partial charge < -0.3 is 10.2 Å². The molecule has 64 valence electrons. The molecule has 1 aliphatic carbocycles. The number of nitrogen functional groups attached to an aromatic ring is 1. The highest BCUT2D eigenvalue weighted by atomic mass is 16.4. The van der Waals surface area contributed by atoms with Gasteiger partial charge in [-0.1, -0.05) is 17.3 Å². The first kappa shape index (κ1) is 7.34. The summed E-state index contributed by atoms with van der Waals surface area (Å²) in [5, 5.41) is 7.49. The number of allylic oxidation sites excluding steroid dienone is 2. The van der Waals surface area contributed by atoms with Crippen LogP contribution in [-0.2, 0) is 0 Å². The average Bonchev–Trinajstić information content (AvgIpc) is 2.54. The van der Waals surface area contributed by atoms with Crippen LogP contribution >= 0.6 is 0 Å². The largest absolute Gasteiger partial charge is 0.408 e. The zero-order chi connectivity index (χ0) is 8.39. The SMILES string of the molecule is Nc1nnc([C@@H]2CC=CCC2)o1. The zero-order valence-electron chi connectivity index (χ0n) is 6.73. The highest BCUT2D eigenvalue weighted by Gasteiger charge is 2.17. The van der Waals surface area contributed by atoms with E-state index in [9.17, 15) is 0 Å². The van der Waals surface area contributed by atoms with E-state index in [1.165, 1.54) is 0 Å². The maximum atomic E-state index is 5.33. The fourth-order valence-electron chi connectivity index (χ4n) is 1.43. The molecule has 12 heavy (non-hydrogen) atoms. The fourth-order valence-corrected chi connectivity index (χ4v) is 1.43. The molecule has 4 heteroatoms. The molecule has 0 fully saturated rings. The molecule has 1 aromatic heterocycles. The zero-order valence-corrected chi connectivity index (χ0v) is 6.73. The van der Waals surface area contributed by atoms with E-state index in [0.717, 1.165) is 19.3 Å². The third-order valence-electron chi connectivity index (χ3n) is 2.07. The van der Waals surface area contributed by atoms with Gasteiger partial charge in [0.25, 0.3) is 0 Å². The summed E-state index contributed by atoms with van der Waals surface area (Å²) in [5.74, 6) is 1.05.